The van der Waals surface area contributed by atoms with Gasteiger partial charge in [0.2, 0.25) is 11.8 Å². The molecule has 0 aliphatic carbocycles. The molecule has 1 unspecified atom stereocenters. The Morgan fingerprint density at radius 1 is 0.690 bits per heavy atom. The van der Waals surface area contributed by atoms with Crippen molar-refractivity contribution in [2.45, 2.75) is 44.7 Å². The molecule has 2 aromatic heterocycles. The van der Waals surface area contributed by atoms with E-state index >= 15 is 0 Å². The number of hydrogen-bond acceptors (Lipinski definition) is 12. The number of aromatic nitrogens is 4. The van der Waals surface area contributed by atoms with Crippen LogP contribution in [-0.2, 0) is 0 Å². The number of ether oxygens (including phenoxy) is 2. The van der Waals surface area contributed by atoms with E-state index in [9.17, 15) is 10.2 Å². The maximum Gasteiger partial charge on any atom is 0.248 e. The van der Waals surface area contributed by atoms with Crippen LogP contribution in [0.1, 0.15) is 44.7 Å². The van der Waals surface area contributed by atoms with Crippen molar-refractivity contribution in [3.05, 3.63) is 106 Å². The predicted octanol–water partition coefficient (Wildman–Crippen LogP) is 7.91. The van der Waals surface area contributed by atoms with Crippen LogP contribution in [0.15, 0.2) is 89.3 Å². The van der Waals surface area contributed by atoms with Gasteiger partial charge in [-0.1, -0.05) is 84.2 Å². The Labute approximate surface area is 351 Å². The van der Waals surface area contributed by atoms with Gasteiger partial charge in [-0.25, -0.2) is 0 Å². The number of nitrogens with zero attached hydrogens (tertiary/aromatic N) is 4. The van der Waals surface area contributed by atoms with Gasteiger partial charge >= 0.3 is 0 Å². The molecule has 298 valence electrons. The molecule has 0 radical (unpaired) electrons. The Hall–Kier alpha value is -5.28. The monoisotopic (exact) mass is 836 g/mol. The zero-order valence-corrected chi connectivity index (χ0v) is 34.5. The van der Waals surface area contributed by atoms with Crippen molar-refractivity contribution in [2.75, 3.05) is 33.0 Å². The van der Waals surface area contributed by atoms with Crippen LogP contribution in [0.5, 0.6) is 11.5 Å². The third kappa shape index (κ3) is 10.4. The zero-order valence-electron chi connectivity index (χ0n) is 32.2. The summed E-state index contributed by atoms with van der Waals surface area (Å²) in [6.07, 6.45) is 1.76. The van der Waals surface area contributed by atoms with Gasteiger partial charge in [-0.2, -0.15) is 0 Å². The minimum Gasteiger partial charge on any atom is -0.492 e. The first-order valence-electron chi connectivity index (χ1n) is 18.6. The Kier molecular flexibility index (Phi) is 14.2. The number of hydrogen-bond donors (Lipinski definition) is 4. The lowest BCUT2D eigenvalue weighted by Crippen LogP contribution is -2.62. The molecule has 0 aliphatic rings. The fourth-order valence-electron chi connectivity index (χ4n) is 5.53. The average Bonchev–Trinajstić information content (AvgIpc) is 3.96. The quantitative estimate of drug-likeness (QED) is 0.0745. The number of aliphatic hydroxyl groups excluding tert-OH is 2. The van der Waals surface area contributed by atoms with E-state index in [1.54, 1.807) is 19.1 Å². The first-order valence-corrected chi connectivity index (χ1v) is 20.2. The first-order chi connectivity index (χ1) is 28.1. The van der Waals surface area contributed by atoms with E-state index in [0.717, 1.165) is 34.0 Å². The summed E-state index contributed by atoms with van der Waals surface area (Å²) >= 11 is 14.3. The number of nitrogens with one attached hydrogen (secondary N) is 1. The molecule has 0 saturated heterocycles. The summed E-state index contributed by atoms with van der Waals surface area (Å²) in [6.45, 7) is 6.12. The number of halogens is 2. The van der Waals surface area contributed by atoms with Crippen LogP contribution in [0.25, 0.3) is 44.1 Å². The molecule has 1 atom stereocenters. The normalized spacial score (nSPS) is 12.2. The van der Waals surface area contributed by atoms with E-state index in [0.29, 0.717) is 68.8 Å². The van der Waals surface area contributed by atoms with Gasteiger partial charge in [0.15, 0.2) is 0 Å². The fourth-order valence-corrected chi connectivity index (χ4v) is 6.85. The van der Waals surface area contributed by atoms with Crippen molar-refractivity contribution in [3.63, 3.8) is 0 Å². The lowest BCUT2D eigenvalue weighted by atomic mass is 9.93. The van der Waals surface area contributed by atoms with E-state index in [2.05, 4.69) is 49.4 Å². The molecule has 0 amide bonds. The largest absolute Gasteiger partial charge is 0.492 e. The van der Waals surface area contributed by atoms with Crippen LogP contribution in [0.4, 0.5) is 0 Å². The summed E-state index contributed by atoms with van der Waals surface area (Å²) in [7, 11) is 0. The number of rotatable bonds is 15. The lowest BCUT2D eigenvalue weighted by molar-refractivity contribution is 0.114. The summed E-state index contributed by atoms with van der Waals surface area (Å²) in [4.78, 5) is 0. The fraction of sp³-hybridized carbons (Fsp3) is 0.273. The highest BCUT2D eigenvalue weighted by atomic mass is 35.5. The minimum absolute atomic E-state index is 0.0729. The van der Waals surface area contributed by atoms with Crippen molar-refractivity contribution in [1.82, 2.24) is 25.7 Å². The summed E-state index contributed by atoms with van der Waals surface area (Å²) in [5.74, 6) is 14.3. The van der Waals surface area contributed by atoms with Crippen molar-refractivity contribution < 1.29 is 24.1 Å². The molecule has 0 spiro atoms. The first kappa shape index (κ1) is 42.3. The molecule has 0 fully saturated rings. The number of nitrogens with two attached hydrogens (primary N) is 1. The highest BCUT2D eigenvalue weighted by Crippen LogP contribution is 2.35. The van der Waals surface area contributed by atoms with E-state index in [4.69, 9.17) is 42.8 Å². The van der Waals surface area contributed by atoms with Crippen molar-refractivity contribution >= 4 is 34.5 Å². The van der Waals surface area contributed by atoms with Gasteiger partial charge in [0, 0.05) is 39.9 Å². The molecule has 58 heavy (non-hydrogen) atoms. The summed E-state index contributed by atoms with van der Waals surface area (Å²) in [5, 5.41) is 43.7. The Morgan fingerprint density at radius 3 is 1.71 bits per heavy atom. The molecule has 14 heteroatoms. The summed E-state index contributed by atoms with van der Waals surface area (Å²) in [6, 6.07) is 25.7. The van der Waals surface area contributed by atoms with Gasteiger partial charge in [-0.3, -0.25) is 5.32 Å². The van der Waals surface area contributed by atoms with E-state index in [1.165, 1.54) is 11.3 Å². The molecule has 4 aromatic carbocycles. The SMILES string of the molecule is CCCOc1ccc(-c2nnc(-c3ccc(C#CC(C)(CN)NC(C#Cc4ccc(-c5nnc(-c6ccc(OCCC)c(Cl)c6)s5)cc4)(CO)CO)cc3)o2)cc1Cl. The Balaban J connectivity index is 1.11. The maximum absolute atomic E-state index is 10.5. The van der Waals surface area contributed by atoms with Crippen LogP contribution < -0.4 is 20.5 Å². The van der Waals surface area contributed by atoms with Crippen LogP contribution in [0.2, 0.25) is 10.0 Å². The average molecular weight is 838 g/mol. The van der Waals surface area contributed by atoms with Crippen LogP contribution in [0, 0.1) is 23.7 Å². The molecule has 11 nitrogen and oxygen atoms in total. The predicted molar refractivity (Wildman–Crippen MR) is 229 cm³/mol. The molecule has 0 aliphatic heterocycles. The van der Waals surface area contributed by atoms with Gasteiger partial charge in [-0.05, 0) is 92.6 Å². The van der Waals surface area contributed by atoms with Gasteiger partial charge in [0.1, 0.15) is 27.1 Å². The van der Waals surface area contributed by atoms with Crippen molar-refractivity contribution in [1.29, 1.82) is 0 Å². The van der Waals surface area contributed by atoms with Gasteiger partial charge in [0.05, 0.1) is 42.0 Å². The molecule has 2 heterocycles. The molecule has 0 saturated carbocycles. The maximum atomic E-state index is 10.5. The van der Waals surface area contributed by atoms with Crippen molar-refractivity contribution in [2.24, 2.45) is 5.73 Å². The van der Waals surface area contributed by atoms with Crippen molar-refractivity contribution in [3.8, 4) is 79.2 Å². The molecular formula is C44H42Cl2N6O5S. The van der Waals surface area contributed by atoms with Crippen LogP contribution in [-0.4, -0.2) is 74.7 Å². The van der Waals surface area contributed by atoms with Gasteiger partial charge in [-0.15, -0.1) is 20.4 Å². The minimum atomic E-state index is -1.40. The second kappa shape index (κ2) is 19.4. The summed E-state index contributed by atoms with van der Waals surface area (Å²) in [5.41, 5.74) is 8.22. The molecular weight excluding hydrogens is 795 g/mol. The molecule has 6 rings (SSSR count). The van der Waals surface area contributed by atoms with E-state index in [1.807, 2.05) is 86.6 Å². The third-order valence-corrected chi connectivity index (χ3v) is 10.4. The topological polar surface area (TPSA) is 162 Å². The highest BCUT2D eigenvalue weighted by molar-refractivity contribution is 7.17. The van der Waals surface area contributed by atoms with Crippen LogP contribution in [0.3, 0.4) is 0 Å². The van der Waals surface area contributed by atoms with Crippen LogP contribution >= 0.6 is 34.5 Å². The number of benzene rings is 4. The molecule has 0 bridgehead atoms. The standard InChI is InChI=1S/C44H42Cl2N6O5S/c1-4-22-55-37-16-14-33(24-35(37)45)40-49-48-39(57-40)31-10-6-29(7-11-31)18-20-43(3,26-47)52-44(27-53,28-54)21-19-30-8-12-32(13-9-30)41-50-51-42(58-41)34-15-17-38(36(46)25-34)56-23-5-2/h6-17,24-25,52-54H,4-5,22-23,26-28,47H2,1-3H3. The second-order valence-electron chi connectivity index (χ2n) is 13.5. The third-order valence-electron chi connectivity index (χ3n) is 8.79. The Morgan fingerprint density at radius 2 is 1.17 bits per heavy atom. The van der Waals surface area contributed by atoms with Gasteiger partial charge < -0.3 is 29.8 Å². The molecule has 6 aromatic rings. The van der Waals surface area contributed by atoms with E-state index < -0.39 is 24.3 Å². The lowest BCUT2D eigenvalue weighted by Gasteiger charge is -2.35. The molecule has 5 N–H and O–H groups in total. The Bertz CT molecular complexity index is 2450. The summed E-state index contributed by atoms with van der Waals surface area (Å²) < 4.78 is 17.3. The highest BCUT2D eigenvalue weighted by Gasteiger charge is 2.34. The van der Waals surface area contributed by atoms with Gasteiger partial charge in [0.25, 0.3) is 0 Å². The number of aliphatic hydroxyl groups is 2. The zero-order chi connectivity index (χ0) is 41.1. The second-order valence-corrected chi connectivity index (χ2v) is 15.3. The van der Waals surface area contributed by atoms with E-state index in [-0.39, 0.29) is 6.54 Å². The smallest absolute Gasteiger partial charge is 0.248 e.